The Morgan fingerprint density at radius 3 is 3.07 bits per heavy atom. The van der Waals surface area contributed by atoms with E-state index in [1.54, 1.807) is 18.4 Å². The summed E-state index contributed by atoms with van der Waals surface area (Å²) in [6.45, 7) is 5.97. The van der Waals surface area contributed by atoms with Crippen LogP contribution in [-0.4, -0.2) is 25.2 Å². The summed E-state index contributed by atoms with van der Waals surface area (Å²) in [5.41, 5.74) is 1.14. The highest BCUT2D eigenvalue weighted by molar-refractivity contribution is 7.09. The van der Waals surface area contributed by atoms with Crippen LogP contribution in [0.4, 0.5) is 0 Å². The average molecular weight is 214 g/mol. The summed E-state index contributed by atoms with van der Waals surface area (Å²) < 4.78 is 5.01. The zero-order valence-corrected chi connectivity index (χ0v) is 9.86. The van der Waals surface area contributed by atoms with Gasteiger partial charge in [-0.05, 0) is 13.5 Å². The number of aromatic nitrogens is 1. The van der Waals surface area contributed by atoms with Crippen molar-refractivity contribution in [3.8, 4) is 0 Å². The van der Waals surface area contributed by atoms with Gasteiger partial charge in [0.15, 0.2) is 0 Å². The van der Waals surface area contributed by atoms with Gasteiger partial charge in [0.05, 0.1) is 17.3 Å². The van der Waals surface area contributed by atoms with Gasteiger partial charge < -0.3 is 10.1 Å². The van der Waals surface area contributed by atoms with Crippen molar-refractivity contribution in [3.63, 3.8) is 0 Å². The Morgan fingerprint density at radius 1 is 1.64 bits per heavy atom. The quantitative estimate of drug-likeness (QED) is 0.786. The summed E-state index contributed by atoms with van der Waals surface area (Å²) in [7, 11) is 1.72. The molecule has 0 aliphatic carbocycles. The number of nitrogens with one attached hydrogen (secondary N) is 1. The molecule has 0 aromatic carbocycles. The third kappa shape index (κ3) is 3.36. The summed E-state index contributed by atoms with van der Waals surface area (Å²) in [4.78, 5) is 4.54. The van der Waals surface area contributed by atoms with Gasteiger partial charge in [-0.3, -0.25) is 0 Å². The lowest BCUT2D eigenvalue weighted by Gasteiger charge is -2.08. The van der Waals surface area contributed by atoms with E-state index in [4.69, 9.17) is 4.74 Å². The summed E-state index contributed by atoms with van der Waals surface area (Å²) in [5, 5.41) is 6.63. The Balaban J connectivity index is 2.49. The number of methoxy groups -OCH3 is 1. The van der Waals surface area contributed by atoms with E-state index in [9.17, 15) is 0 Å². The standard InChI is InChI=1S/C10H18N2OS/c1-4-11-8(2)9-7-14-10(12-9)5-6-13-3/h7-8,11H,4-6H2,1-3H3. The van der Waals surface area contributed by atoms with E-state index in [2.05, 4.69) is 29.5 Å². The topological polar surface area (TPSA) is 34.1 Å². The molecule has 0 saturated carbocycles. The third-order valence-corrected chi connectivity index (χ3v) is 2.97. The van der Waals surface area contributed by atoms with Crippen molar-refractivity contribution in [2.45, 2.75) is 26.3 Å². The lowest BCUT2D eigenvalue weighted by atomic mass is 10.2. The molecule has 1 N–H and O–H groups in total. The SMILES string of the molecule is CCNC(C)c1csc(CCOC)n1. The molecule has 1 aromatic rings. The highest BCUT2D eigenvalue weighted by atomic mass is 32.1. The molecule has 0 spiro atoms. The third-order valence-electron chi connectivity index (χ3n) is 2.04. The van der Waals surface area contributed by atoms with Gasteiger partial charge in [0.25, 0.3) is 0 Å². The van der Waals surface area contributed by atoms with E-state index in [1.807, 2.05) is 0 Å². The lowest BCUT2D eigenvalue weighted by Crippen LogP contribution is -2.17. The first-order valence-electron chi connectivity index (χ1n) is 4.94. The molecule has 80 valence electrons. The predicted octanol–water partition coefficient (Wildman–Crippen LogP) is 2.00. The highest BCUT2D eigenvalue weighted by Gasteiger charge is 2.08. The fourth-order valence-corrected chi connectivity index (χ4v) is 2.11. The van der Waals surface area contributed by atoms with Crippen molar-refractivity contribution in [2.75, 3.05) is 20.3 Å². The van der Waals surface area contributed by atoms with Gasteiger partial charge in [0, 0.05) is 25.0 Å². The van der Waals surface area contributed by atoms with Gasteiger partial charge in [0.2, 0.25) is 0 Å². The van der Waals surface area contributed by atoms with Crippen molar-refractivity contribution < 1.29 is 4.74 Å². The molecule has 0 saturated heterocycles. The van der Waals surface area contributed by atoms with E-state index in [0.717, 1.165) is 30.3 Å². The van der Waals surface area contributed by atoms with E-state index in [0.29, 0.717) is 6.04 Å². The molecule has 0 bridgehead atoms. The van der Waals surface area contributed by atoms with Gasteiger partial charge >= 0.3 is 0 Å². The Kier molecular flexibility index (Phi) is 5.07. The van der Waals surface area contributed by atoms with Gasteiger partial charge in [-0.2, -0.15) is 0 Å². The smallest absolute Gasteiger partial charge is 0.0951 e. The fraction of sp³-hybridized carbons (Fsp3) is 0.700. The molecular weight excluding hydrogens is 196 g/mol. The van der Waals surface area contributed by atoms with Crippen molar-refractivity contribution in [1.82, 2.24) is 10.3 Å². The predicted molar refractivity (Wildman–Crippen MR) is 59.8 cm³/mol. The molecule has 1 rings (SSSR count). The van der Waals surface area contributed by atoms with Crippen LogP contribution >= 0.6 is 11.3 Å². The molecule has 0 aliphatic heterocycles. The number of thiazole rings is 1. The lowest BCUT2D eigenvalue weighted by molar-refractivity contribution is 0.202. The molecule has 4 heteroatoms. The summed E-state index contributed by atoms with van der Waals surface area (Å²) >= 11 is 1.71. The monoisotopic (exact) mass is 214 g/mol. The number of hydrogen-bond acceptors (Lipinski definition) is 4. The maximum absolute atomic E-state index is 5.01. The van der Waals surface area contributed by atoms with Gasteiger partial charge in [-0.15, -0.1) is 11.3 Å². The van der Waals surface area contributed by atoms with E-state index < -0.39 is 0 Å². The van der Waals surface area contributed by atoms with Crippen LogP contribution in [0.1, 0.15) is 30.6 Å². The first-order valence-corrected chi connectivity index (χ1v) is 5.82. The maximum Gasteiger partial charge on any atom is 0.0951 e. The number of rotatable bonds is 6. The summed E-state index contributed by atoms with van der Waals surface area (Å²) in [6.07, 6.45) is 0.917. The van der Waals surface area contributed by atoms with E-state index in [1.165, 1.54) is 0 Å². The van der Waals surface area contributed by atoms with Crippen LogP contribution in [0.15, 0.2) is 5.38 Å². The molecule has 1 atom stereocenters. The second-order valence-electron chi connectivity index (χ2n) is 3.19. The second-order valence-corrected chi connectivity index (χ2v) is 4.13. The zero-order valence-electron chi connectivity index (χ0n) is 9.04. The average Bonchev–Trinajstić information content (AvgIpc) is 2.63. The minimum atomic E-state index is 0.354. The van der Waals surface area contributed by atoms with Gasteiger partial charge in [0.1, 0.15) is 0 Å². The van der Waals surface area contributed by atoms with Crippen LogP contribution in [0.5, 0.6) is 0 Å². The van der Waals surface area contributed by atoms with Crippen LogP contribution in [0.25, 0.3) is 0 Å². The van der Waals surface area contributed by atoms with Gasteiger partial charge in [-0.1, -0.05) is 6.92 Å². The Morgan fingerprint density at radius 2 is 2.43 bits per heavy atom. The molecule has 0 fully saturated rings. The second kappa shape index (κ2) is 6.11. The van der Waals surface area contributed by atoms with Crippen LogP contribution in [0, 0.1) is 0 Å². The normalized spacial score (nSPS) is 13.1. The molecule has 0 radical (unpaired) electrons. The minimum Gasteiger partial charge on any atom is -0.384 e. The van der Waals surface area contributed by atoms with Crippen LogP contribution < -0.4 is 5.32 Å². The van der Waals surface area contributed by atoms with Crippen molar-refractivity contribution in [1.29, 1.82) is 0 Å². The van der Waals surface area contributed by atoms with Crippen LogP contribution in [0.3, 0.4) is 0 Å². The molecule has 0 aliphatic rings. The molecule has 1 aromatic heterocycles. The number of hydrogen-bond donors (Lipinski definition) is 1. The van der Waals surface area contributed by atoms with E-state index in [-0.39, 0.29) is 0 Å². The number of ether oxygens (including phenoxy) is 1. The largest absolute Gasteiger partial charge is 0.384 e. The molecule has 1 unspecified atom stereocenters. The van der Waals surface area contributed by atoms with Crippen LogP contribution in [-0.2, 0) is 11.2 Å². The Bertz CT molecular complexity index is 262. The highest BCUT2D eigenvalue weighted by Crippen LogP contribution is 2.16. The van der Waals surface area contributed by atoms with Gasteiger partial charge in [-0.25, -0.2) is 4.98 Å². The zero-order chi connectivity index (χ0) is 10.4. The summed E-state index contributed by atoms with van der Waals surface area (Å²) in [5.74, 6) is 0. The van der Waals surface area contributed by atoms with Crippen molar-refractivity contribution >= 4 is 11.3 Å². The molecular formula is C10H18N2OS. The first kappa shape index (κ1) is 11.6. The fourth-order valence-electron chi connectivity index (χ4n) is 1.24. The molecule has 14 heavy (non-hydrogen) atoms. The molecule has 0 amide bonds. The molecule has 1 heterocycles. The number of nitrogens with zero attached hydrogens (tertiary/aromatic N) is 1. The van der Waals surface area contributed by atoms with E-state index >= 15 is 0 Å². The van der Waals surface area contributed by atoms with Crippen LogP contribution in [0.2, 0.25) is 0 Å². The Labute approximate surface area is 89.5 Å². The van der Waals surface area contributed by atoms with Crippen molar-refractivity contribution in [2.24, 2.45) is 0 Å². The first-order chi connectivity index (χ1) is 6.77. The Hall–Kier alpha value is -0.450. The summed E-state index contributed by atoms with van der Waals surface area (Å²) in [6, 6.07) is 0.354. The van der Waals surface area contributed by atoms with Crippen molar-refractivity contribution in [3.05, 3.63) is 16.1 Å². The molecule has 3 nitrogen and oxygen atoms in total. The maximum atomic E-state index is 5.01. The minimum absolute atomic E-state index is 0.354.